The van der Waals surface area contributed by atoms with Gasteiger partial charge in [0.1, 0.15) is 0 Å². The van der Waals surface area contributed by atoms with Gasteiger partial charge < -0.3 is 10.1 Å². The molecule has 21 heavy (non-hydrogen) atoms. The van der Waals surface area contributed by atoms with Gasteiger partial charge in [0.05, 0.1) is 23.1 Å². The third-order valence-electron chi connectivity index (χ3n) is 3.58. The molecule has 1 heterocycles. The van der Waals surface area contributed by atoms with Crippen LogP contribution in [0.5, 0.6) is 0 Å². The molecule has 1 aromatic rings. The molecule has 2 unspecified atom stereocenters. The second kappa shape index (κ2) is 7.14. The van der Waals surface area contributed by atoms with E-state index in [0.29, 0.717) is 29.5 Å². The van der Waals surface area contributed by atoms with Crippen molar-refractivity contribution in [2.24, 2.45) is 0 Å². The fourth-order valence-electron chi connectivity index (χ4n) is 2.57. The monoisotopic (exact) mass is 329 g/mol. The summed E-state index contributed by atoms with van der Waals surface area (Å²) in [5.74, 6) is -0.436. The van der Waals surface area contributed by atoms with E-state index in [1.807, 2.05) is 6.07 Å². The van der Waals surface area contributed by atoms with Crippen LogP contribution in [0, 0.1) is 0 Å². The van der Waals surface area contributed by atoms with Crippen LogP contribution in [0.4, 0.5) is 0 Å². The fraction of sp³-hybridized carbons (Fsp3) is 0.467. The number of ether oxygens (including phenoxy) is 1. The molecule has 2 atom stereocenters. The molecule has 1 aliphatic rings. The lowest BCUT2D eigenvalue weighted by Gasteiger charge is -2.23. The first-order valence-electron chi connectivity index (χ1n) is 6.91. The number of amides is 1. The third kappa shape index (κ3) is 4.11. The highest BCUT2D eigenvalue weighted by Crippen LogP contribution is 2.33. The minimum atomic E-state index is -0.283. The van der Waals surface area contributed by atoms with Gasteiger partial charge in [-0.3, -0.25) is 9.59 Å². The molecule has 1 fully saturated rings. The van der Waals surface area contributed by atoms with Crippen molar-refractivity contribution < 1.29 is 14.3 Å². The van der Waals surface area contributed by atoms with E-state index in [9.17, 15) is 9.59 Å². The molecule has 4 nitrogen and oxygen atoms in total. The molecule has 2 rings (SSSR count). The number of carbonyl (C=O) groups excluding carboxylic acids is 2. The zero-order chi connectivity index (χ0) is 15.4. The Morgan fingerprint density at radius 3 is 2.76 bits per heavy atom. The van der Waals surface area contributed by atoms with Crippen molar-refractivity contribution in [2.45, 2.75) is 38.1 Å². The van der Waals surface area contributed by atoms with Crippen LogP contribution in [0.25, 0.3) is 0 Å². The molecular formula is C15H17Cl2NO3. The molecule has 0 radical (unpaired) electrons. The van der Waals surface area contributed by atoms with Gasteiger partial charge in [-0.25, -0.2) is 0 Å². The van der Waals surface area contributed by atoms with E-state index in [1.165, 1.54) is 0 Å². The molecule has 1 aliphatic heterocycles. The van der Waals surface area contributed by atoms with Crippen LogP contribution in [-0.2, 0) is 14.3 Å². The van der Waals surface area contributed by atoms with Crippen LogP contribution in [0.2, 0.25) is 10.0 Å². The van der Waals surface area contributed by atoms with E-state index in [2.05, 4.69) is 5.32 Å². The van der Waals surface area contributed by atoms with Crippen molar-refractivity contribution in [3.05, 3.63) is 33.8 Å². The topological polar surface area (TPSA) is 55.4 Å². The van der Waals surface area contributed by atoms with E-state index in [-0.39, 0.29) is 30.3 Å². The van der Waals surface area contributed by atoms with Crippen molar-refractivity contribution in [1.82, 2.24) is 5.32 Å². The maximum Gasteiger partial charge on any atom is 0.306 e. The Morgan fingerprint density at radius 1 is 1.43 bits per heavy atom. The maximum absolute atomic E-state index is 11.8. The summed E-state index contributed by atoms with van der Waals surface area (Å²) in [6, 6.07) is 5.20. The molecular weight excluding hydrogens is 313 g/mol. The molecule has 0 aromatic heterocycles. The van der Waals surface area contributed by atoms with Crippen molar-refractivity contribution in [2.75, 3.05) is 6.61 Å². The van der Waals surface area contributed by atoms with Crippen LogP contribution in [-0.4, -0.2) is 24.5 Å². The molecule has 0 aliphatic carbocycles. The van der Waals surface area contributed by atoms with Gasteiger partial charge in [-0.2, -0.15) is 0 Å². The Balaban J connectivity index is 2.23. The van der Waals surface area contributed by atoms with E-state index in [0.717, 1.165) is 5.56 Å². The normalized spacial score (nSPS) is 19.2. The lowest BCUT2D eigenvalue weighted by Crippen LogP contribution is -2.33. The first-order chi connectivity index (χ1) is 10.0. The fourth-order valence-corrected chi connectivity index (χ4v) is 2.88. The van der Waals surface area contributed by atoms with Crippen molar-refractivity contribution in [3.8, 4) is 0 Å². The highest BCUT2D eigenvalue weighted by molar-refractivity contribution is 6.42. The molecule has 1 saturated heterocycles. The highest BCUT2D eigenvalue weighted by Gasteiger charge is 2.32. The molecule has 6 heteroatoms. The van der Waals surface area contributed by atoms with E-state index < -0.39 is 0 Å². The van der Waals surface area contributed by atoms with Gasteiger partial charge in [0, 0.05) is 18.4 Å². The van der Waals surface area contributed by atoms with Gasteiger partial charge in [0.25, 0.3) is 0 Å². The van der Waals surface area contributed by atoms with Crippen LogP contribution < -0.4 is 5.32 Å². The number of hydrogen-bond acceptors (Lipinski definition) is 3. The van der Waals surface area contributed by atoms with Gasteiger partial charge >= 0.3 is 5.97 Å². The minimum absolute atomic E-state index is 0.00826. The van der Waals surface area contributed by atoms with Crippen LogP contribution in [0.1, 0.15) is 37.7 Å². The number of rotatable bonds is 5. The average Bonchev–Trinajstić information content (AvgIpc) is 2.86. The number of nitrogens with one attached hydrogen (secondary N) is 1. The van der Waals surface area contributed by atoms with Crippen LogP contribution in [0.15, 0.2) is 18.2 Å². The zero-order valence-electron chi connectivity index (χ0n) is 11.7. The number of hydrogen-bond donors (Lipinski definition) is 1. The SMILES string of the molecule is CCOC(=O)CC(c1ccc(Cl)c(Cl)c1)C1CCC(=O)N1. The van der Waals surface area contributed by atoms with Gasteiger partial charge in [0.15, 0.2) is 0 Å². The van der Waals surface area contributed by atoms with Crippen molar-refractivity contribution in [3.63, 3.8) is 0 Å². The van der Waals surface area contributed by atoms with E-state index in [4.69, 9.17) is 27.9 Å². The summed E-state index contributed by atoms with van der Waals surface area (Å²) in [7, 11) is 0. The summed E-state index contributed by atoms with van der Waals surface area (Å²) in [5.41, 5.74) is 0.879. The Morgan fingerprint density at radius 2 is 2.19 bits per heavy atom. The predicted octanol–water partition coefficient (Wildman–Crippen LogP) is 3.31. The van der Waals surface area contributed by atoms with Crippen LogP contribution in [0.3, 0.4) is 0 Å². The number of carbonyl (C=O) groups is 2. The second-order valence-electron chi connectivity index (χ2n) is 5.00. The van der Waals surface area contributed by atoms with E-state index >= 15 is 0 Å². The summed E-state index contributed by atoms with van der Waals surface area (Å²) >= 11 is 12.0. The number of benzene rings is 1. The van der Waals surface area contributed by atoms with Crippen LogP contribution >= 0.6 is 23.2 Å². The quantitative estimate of drug-likeness (QED) is 0.843. The Bertz CT molecular complexity index is 548. The molecule has 114 valence electrons. The van der Waals surface area contributed by atoms with Gasteiger partial charge in [-0.1, -0.05) is 29.3 Å². The van der Waals surface area contributed by atoms with Crippen molar-refractivity contribution >= 4 is 35.1 Å². The zero-order valence-corrected chi connectivity index (χ0v) is 13.2. The Hall–Kier alpha value is -1.26. The summed E-state index contributed by atoms with van der Waals surface area (Å²) < 4.78 is 5.02. The standard InChI is InChI=1S/C15H17Cl2NO3/c1-2-21-15(20)8-10(13-5-6-14(19)18-13)9-3-4-11(16)12(17)7-9/h3-4,7,10,13H,2,5-6,8H2,1H3,(H,18,19). The Kier molecular flexibility index (Phi) is 5.48. The largest absolute Gasteiger partial charge is 0.466 e. The summed E-state index contributed by atoms with van der Waals surface area (Å²) in [5, 5.41) is 3.81. The summed E-state index contributed by atoms with van der Waals surface area (Å²) in [6.07, 6.45) is 1.38. The number of halogens is 2. The van der Waals surface area contributed by atoms with E-state index in [1.54, 1.807) is 19.1 Å². The second-order valence-corrected chi connectivity index (χ2v) is 5.82. The van der Waals surface area contributed by atoms with Crippen molar-refractivity contribution in [1.29, 1.82) is 0 Å². The Labute approximate surface area is 133 Å². The molecule has 0 spiro atoms. The van der Waals surface area contributed by atoms with Gasteiger partial charge in [-0.05, 0) is 31.0 Å². The average molecular weight is 330 g/mol. The molecule has 0 saturated carbocycles. The lowest BCUT2D eigenvalue weighted by atomic mass is 9.87. The van der Waals surface area contributed by atoms with Gasteiger partial charge in [0.2, 0.25) is 5.91 Å². The molecule has 1 N–H and O–H groups in total. The molecule has 1 amide bonds. The maximum atomic E-state index is 11.8. The predicted molar refractivity (Wildman–Crippen MR) is 81.6 cm³/mol. The lowest BCUT2D eigenvalue weighted by molar-refractivity contribution is -0.143. The van der Waals surface area contributed by atoms with Gasteiger partial charge in [-0.15, -0.1) is 0 Å². The first-order valence-corrected chi connectivity index (χ1v) is 7.66. The third-order valence-corrected chi connectivity index (χ3v) is 4.32. The highest BCUT2D eigenvalue weighted by atomic mass is 35.5. The summed E-state index contributed by atoms with van der Waals surface area (Å²) in [6.45, 7) is 2.10. The summed E-state index contributed by atoms with van der Waals surface area (Å²) in [4.78, 5) is 23.3. The molecule has 0 bridgehead atoms. The molecule has 1 aromatic carbocycles. The minimum Gasteiger partial charge on any atom is -0.466 e. The first kappa shape index (κ1) is 16.1. The smallest absolute Gasteiger partial charge is 0.306 e. The number of esters is 1.